The van der Waals surface area contributed by atoms with Crippen molar-refractivity contribution in [3.63, 3.8) is 0 Å². The van der Waals surface area contributed by atoms with Gasteiger partial charge < -0.3 is 20.8 Å². The summed E-state index contributed by atoms with van der Waals surface area (Å²) in [6, 6.07) is 7.29. The van der Waals surface area contributed by atoms with Crippen LogP contribution in [-0.2, 0) is 16.1 Å². The number of rotatable bonds is 11. The number of hydrogen-bond acceptors (Lipinski definition) is 5. The van der Waals surface area contributed by atoms with E-state index in [-0.39, 0.29) is 12.5 Å². The quantitative estimate of drug-likeness (QED) is 0.352. The maximum Gasteiger partial charge on any atom is 0.261 e. The number of pyridine rings is 1. The van der Waals surface area contributed by atoms with Crippen LogP contribution in [-0.4, -0.2) is 37.2 Å². The number of hydrogen-bond donors (Lipinski definition) is 3. The molecule has 0 spiro atoms. The molecule has 0 saturated heterocycles. The molecule has 1 heterocycles. The van der Waals surface area contributed by atoms with Crippen molar-refractivity contribution in [2.24, 2.45) is 0 Å². The van der Waals surface area contributed by atoms with E-state index in [1.165, 1.54) is 12.3 Å². The van der Waals surface area contributed by atoms with Gasteiger partial charge in [0.2, 0.25) is 5.91 Å². The number of carbonyl (C=O) groups is 1. The summed E-state index contributed by atoms with van der Waals surface area (Å²) in [7, 11) is 1.74. The van der Waals surface area contributed by atoms with Crippen LogP contribution in [0.25, 0.3) is 11.6 Å². The first-order chi connectivity index (χ1) is 15.5. The first-order valence-corrected chi connectivity index (χ1v) is 10.3. The summed E-state index contributed by atoms with van der Waals surface area (Å²) in [6.45, 7) is -0.532. The van der Waals surface area contributed by atoms with Crippen molar-refractivity contribution in [2.75, 3.05) is 19.0 Å². The molecule has 1 aromatic heterocycles. The topological polar surface area (TPSA) is 87.1 Å². The molecule has 1 amide bonds. The number of ether oxygens (including phenoxy) is 1. The van der Waals surface area contributed by atoms with Gasteiger partial charge in [-0.05, 0) is 59.7 Å². The fourth-order valence-electron chi connectivity index (χ4n) is 3.36. The molecule has 0 bridgehead atoms. The number of halogens is 2. The maximum atomic E-state index is 12.5. The van der Waals surface area contributed by atoms with Crippen LogP contribution < -0.4 is 10.6 Å². The summed E-state index contributed by atoms with van der Waals surface area (Å²) in [5, 5.41) is 13.3. The van der Waals surface area contributed by atoms with Gasteiger partial charge in [0.1, 0.15) is 6.61 Å². The second-order valence-corrected chi connectivity index (χ2v) is 7.41. The Morgan fingerprint density at radius 1 is 1.34 bits per heavy atom. The van der Waals surface area contributed by atoms with Crippen LogP contribution in [0.5, 0.6) is 0 Å². The summed E-state index contributed by atoms with van der Waals surface area (Å²) < 4.78 is 30.0. The molecule has 1 aliphatic rings. The first kappa shape index (κ1) is 23.3. The van der Waals surface area contributed by atoms with E-state index in [0.717, 1.165) is 29.5 Å². The molecule has 2 aromatic rings. The molecule has 168 valence electrons. The zero-order valence-corrected chi connectivity index (χ0v) is 17.8. The number of anilines is 1. The summed E-state index contributed by atoms with van der Waals surface area (Å²) in [6.07, 6.45) is 8.82. The standard InChI is InChI=1S/C24H26F2N4O2/c1-28-12-19(11-27)22-8-9-29-13-17(22)4-7-24(31)30-20-5-6-21(16-2-3-16)18(10-20)14-32-15-23(25)26/h4-13,16,23,27-28H,2-3,14-15H2,1H3,(H,30,31)/b7-4+,19-12+,27-11?. The largest absolute Gasteiger partial charge is 0.393 e. The average Bonchev–Trinajstić information content (AvgIpc) is 3.62. The lowest BCUT2D eigenvalue weighted by molar-refractivity contribution is -0.111. The van der Waals surface area contributed by atoms with Gasteiger partial charge in [-0.15, -0.1) is 0 Å². The molecule has 6 nitrogen and oxygen atoms in total. The first-order valence-electron chi connectivity index (χ1n) is 10.3. The number of aromatic nitrogens is 1. The van der Waals surface area contributed by atoms with E-state index < -0.39 is 13.0 Å². The summed E-state index contributed by atoms with van der Waals surface area (Å²) >= 11 is 0. The van der Waals surface area contributed by atoms with Crippen molar-refractivity contribution in [2.45, 2.75) is 31.8 Å². The smallest absolute Gasteiger partial charge is 0.261 e. The molecule has 8 heteroatoms. The molecule has 32 heavy (non-hydrogen) atoms. The molecular formula is C24H26F2N4O2. The third kappa shape index (κ3) is 6.55. The van der Waals surface area contributed by atoms with Crippen LogP contribution in [0.15, 0.2) is 48.9 Å². The van der Waals surface area contributed by atoms with Crippen LogP contribution in [0.3, 0.4) is 0 Å². The highest BCUT2D eigenvalue weighted by molar-refractivity contribution is 6.10. The van der Waals surface area contributed by atoms with Gasteiger partial charge >= 0.3 is 0 Å². The van der Waals surface area contributed by atoms with Gasteiger partial charge in [0.05, 0.1) is 6.61 Å². The monoisotopic (exact) mass is 440 g/mol. The SMILES string of the molecule is CN/C=C(\C=N)c1ccncc1/C=C/C(=O)Nc1ccc(C2CC2)c(COCC(F)F)c1. The third-order valence-corrected chi connectivity index (χ3v) is 4.96. The van der Waals surface area contributed by atoms with Gasteiger partial charge in [-0.3, -0.25) is 9.78 Å². The average molecular weight is 440 g/mol. The van der Waals surface area contributed by atoms with Crippen LogP contribution in [0.1, 0.15) is 41.0 Å². The van der Waals surface area contributed by atoms with Gasteiger partial charge in [0.15, 0.2) is 0 Å². The number of nitrogens with zero attached hydrogens (tertiary/aromatic N) is 1. The molecule has 1 saturated carbocycles. The number of alkyl halides is 2. The second-order valence-electron chi connectivity index (χ2n) is 7.41. The Labute approximate surface area is 185 Å². The Morgan fingerprint density at radius 2 is 2.16 bits per heavy atom. The molecule has 1 aliphatic carbocycles. The van der Waals surface area contributed by atoms with E-state index in [0.29, 0.717) is 22.7 Å². The fourth-order valence-corrected chi connectivity index (χ4v) is 3.36. The lowest BCUT2D eigenvalue weighted by Gasteiger charge is -2.12. The molecular weight excluding hydrogens is 414 g/mol. The summed E-state index contributed by atoms with van der Waals surface area (Å²) in [5.74, 6) is 0.0925. The predicted octanol–water partition coefficient (Wildman–Crippen LogP) is 4.60. The van der Waals surface area contributed by atoms with E-state index in [9.17, 15) is 13.6 Å². The predicted molar refractivity (Wildman–Crippen MR) is 122 cm³/mol. The zero-order chi connectivity index (χ0) is 22.9. The van der Waals surface area contributed by atoms with E-state index in [2.05, 4.69) is 15.6 Å². The minimum Gasteiger partial charge on any atom is -0.393 e. The summed E-state index contributed by atoms with van der Waals surface area (Å²) in [4.78, 5) is 16.6. The molecule has 3 rings (SSSR count). The van der Waals surface area contributed by atoms with Crippen molar-refractivity contribution >= 4 is 29.5 Å². The van der Waals surface area contributed by atoms with E-state index in [1.807, 2.05) is 12.1 Å². The van der Waals surface area contributed by atoms with Gasteiger partial charge in [0.25, 0.3) is 6.43 Å². The molecule has 3 N–H and O–H groups in total. The Morgan fingerprint density at radius 3 is 2.84 bits per heavy atom. The Kier molecular flexibility index (Phi) is 8.21. The second kappa shape index (κ2) is 11.3. The number of amides is 1. The lowest BCUT2D eigenvalue weighted by Crippen LogP contribution is -2.10. The fraction of sp³-hybridized carbons (Fsp3) is 0.292. The van der Waals surface area contributed by atoms with Crippen LogP contribution in [0, 0.1) is 5.41 Å². The van der Waals surface area contributed by atoms with Gasteiger partial charge in [0, 0.05) is 54.8 Å². The Balaban J connectivity index is 1.72. The molecule has 1 fully saturated rings. The molecule has 0 unspecified atom stereocenters. The molecule has 0 radical (unpaired) electrons. The number of benzene rings is 1. The number of nitrogens with one attached hydrogen (secondary N) is 3. The van der Waals surface area contributed by atoms with Crippen LogP contribution in [0.2, 0.25) is 0 Å². The van der Waals surface area contributed by atoms with Crippen LogP contribution >= 0.6 is 0 Å². The minimum absolute atomic E-state index is 0.0823. The maximum absolute atomic E-state index is 12.5. The van der Waals surface area contributed by atoms with Crippen molar-refractivity contribution in [3.05, 3.63) is 71.2 Å². The highest BCUT2D eigenvalue weighted by Crippen LogP contribution is 2.42. The molecule has 0 atom stereocenters. The van der Waals surface area contributed by atoms with E-state index in [4.69, 9.17) is 10.1 Å². The number of allylic oxidation sites excluding steroid dienone is 1. The van der Waals surface area contributed by atoms with Gasteiger partial charge in [-0.25, -0.2) is 8.78 Å². The Hall–Kier alpha value is -3.39. The van der Waals surface area contributed by atoms with Crippen molar-refractivity contribution in [1.29, 1.82) is 5.41 Å². The van der Waals surface area contributed by atoms with E-state index >= 15 is 0 Å². The molecule has 1 aromatic carbocycles. The van der Waals surface area contributed by atoms with E-state index in [1.54, 1.807) is 43.9 Å². The van der Waals surface area contributed by atoms with Crippen molar-refractivity contribution in [3.8, 4) is 0 Å². The van der Waals surface area contributed by atoms with Crippen LogP contribution in [0.4, 0.5) is 14.5 Å². The van der Waals surface area contributed by atoms with Crippen molar-refractivity contribution in [1.82, 2.24) is 10.3 Å². The van der Waals surface area contributed by atoms with Crippen molar-refractivity contribution < 1.29 is 18.3 Å². The third-order valence-electron chi connectivity index (χ3n) is 4.96. The zero-order valence-electron chi connectivity index (χ0n) is 17.8. The number of carbonyl (C=O) groups excluding carboxylic acids is 1. The highest BCUT2D eigenvalue weighted by atomic mass is 19.3. The normalized spacial score (nSPS) is 14.1. The van der Waals surface area contributed by atoms with Gasteiger partial charge in [-0.2, -0.15) is 0 Å². The lowest BCUT2D eigenvalue weighted by atomic mass is 10.0. The Bertz CT molecular complexity index is 1020. The highest BCUT2D eigenvalue weighted by Gasteiger charge is 2.26. The van der Waals surface area contributed by atoms with Gasteiger partial charge in [-0.1, -0.05) is 6.07 Å². The minimum atomic E-state index is -2.51. The summed E-state index contributed by atoms with van der Waals surface area (Å²) in [5.41, 5.74) is 4.58. The molecule has 0 aliphatic heterocycles.